The van der Waals surface area contributed by atoms with E-state index in [1.165, 1.54) is 0 Å². The fourth-order valence-electron chi connectivity index (χ4n) is 4.37. The van der Waals surface area contributed by atoms with Gasteiger partial charge in [0.2, 0.25) is 0 Å². The predicted octanol–water partition coefficient (Wildman–Crippen LogP) is 6.94. The highest BCUT2D eigenvalue weighted by Gasteiger charge is 2.54. The van der Waals surface area contributed by atoms with E-state index in [4.69, 9.17) is 8.85 Å². The summed E-state index contributed by atoms with van der Waals surface area (Å²) in [4.78, 5) is 12.9. The molecule has 4 atom stereocenters. The summed E-state index contributed by atoms with van der Waals surface area (Å²) in [7, 11) is -3.67. The molecule has 2 saturated carbocycles. The van der Waals surface area contributed by atoms with Crippen molar-refractivity contribution in [1.82, 2.24) is 0 Å². The molecule has 0 spiro atoms. The molecule has 0 aromatic rings. The molecule has 0 bridgehead atoms. The second kappa shape index (κ2) is 7.62. The molecule has 0 N–H and O–H groups in total. The number of hydrogen-bond acceptors (Lipinski definition) is 3. The van der Waals surface area contributed by atoms with Gasteiger partial charge in [0.05, 0.1) is 0 Å². The fourth-order valence-corrected chi connectivity index (χ4v) is 7.17. The molecule has 164 valence electrons. The van der Waals surface area contributed by atoms with E-state index in [0.717, 1.165) is 25.7 Å². The topological polar surface area (TPSA) is 35.5 Å². The van der Waals surface area contributed by atoms with E-state index in [1.54, 1.807) is 0 Å². The van der Waals surface area contributed by atoms with E-state index in [2.05, 4.69) is 74.7 Å². The third-order valence-electron chi connectivity index (χ3n) is 8.58. The molecule has 0 heterocycles. The van der Waals surface area contributed by atoms with Gasteiger partial charge < -0.3 is 8.85 Å². The van der Waals surface area contributed by atoms with Crippen molar-refractivity contribution in [2.75, 3.05) is 0 Å². The van der Waals surface area contributed by atoms with Gasteiger partial charge in [-0.3, -0.25) is 4.79 Å². The lowest BCUT2D eigenvalue weighted by Gasteiger charge is -2.53. The Morgan fingerprint density at radius 2 is 1.39 bits per heavy atom. The predicted molar refractivity (Wildman–Crippen MR) is 124 cm³/mol. The first-order valence-corrected chi connectivity index (χ1v) is 17.1. The molecular formula is C23H46O3Si2. The monoisotopic (exact) mass is 426 g/mol. The van der Waals surface area contributed by atoms with Crippen LogP contribution in [-0.4, -0.2) is 34.6 Å². The van der Waals surface area contributed by atoms with Crippen LogP contribution >= 0.6 is 0 Å². The molecule has 3 nitrogen and oxygen atoms in total. The summed E-state index contributed by atoms with van der Waals surface area (Å²) >= 11 is 0. The van der Waals surface area contributed by atoms with Gasteiger partial charge >= 0.3 is 0 Å². The molecule has 0 aliphatic heterocycles. The van der Waals surface area contributed by atoms with Crippen LogP contribution < -0.4 is 0 Å². The van der Waals surface area contributed by atoms with Crippen LogP contribution in [0.2, 0.25) is 36.3 Å². The van der Waals surface area contributed by atoms with Gasteiger partial charge in [0.25, 0.3) is 0 Å². The third-order valence-corrected chi connectivity index (χ3v) is 17.6. The number of carbonyl (C=O) groups is 1. The highest BCUT2D eigenvalue weighted by molar-refractivity contribution is 6.74. The smallest absolute Gasteiger partial charge is 0.192 e. The van der Waals surface area contributed by atoms with Crippen molar-refractivity contribution in [3.05, 3.63) is 0 Å². The number of Topliss-reactive ketones (excluding diaryl/α,β-unsaturated/α-hetero) is 1. The quantitative estimate of drug-likeness (QED) is 0.457. The maximum Gasteiger partial charge on any atom is 0.192 e. The van der Waals surface area contributed by atoms with E-state index in [1.807, 2.05) is 0 Å². The molecule has 2 aliphatic rings. The lowest BCUT2D eigenvalue weighted by Crippen LogP contribution is -2.56. The first-order chi connectivity index (χ1) is 12.4. The molecule has 28 heavy (non-hydrogen) atoms. The average Bonchev–Trinajstić information content (AvgIpc) is 2.49. The molecule has 2 aliphatic carbocycles. The van der Waals surface area contributed by atoms with Crippen molar-refractivity contribution in [2.24, 2.45) is 11.3 Å². The van der Waals surface area contributed by atoms with Gasteiger partial charge in [-0.05, 0) is 67.9 Å². The SMILES string of the molecule is CC(C)(C)[Si](C)(C)O[C@H]1CC[C@]2(C)C(=O)CC[C@@H](O[Si](C)(C)C(C)(C)C)[C@H]2C1. The maximum atomic E-state index is 12.9. The van der Waals surface area contributed by atoms with Crippen LogP contribution in [0.5, 0.6) is 0 Å². The Kier molecular flexibility index (Phi) is 6.61. The normalized spacial score (nSPS) is 33.0. The molecule has 2 rings (SSSR count). The average molecular weight is 427 g/mol. The van der Waals surface area contributed by atoms with Crippen molar-refractivity contribution in [3.63, 3.8) is 0 Å². The maximum absolute atomic E-state index is 12.9. The van der Waals surface area contributed by atoms with Gasteiger partial charge in [0, 0.05) is 24.0 Å². The lowest BCUT2D eigenvalue weighted by molar-refractivity contribution is -0.146. The minimum absolute atomic E-state index is 0.191. The summed E-state index contributed by atoms with van der Waals surface area (Å²) < 4.78 is 13.7. The first-order valence-electron chi connectivity index (χ1n) is 11.3. The van der Waals surface area contributed by atoms with E-state index in [0.29, 0.717) is 18.1 Å². The van der Waals surface area contributed by atoms with Gasteiger partial charge in [-0.25, -0.2) is 0 Å². The van der Waals surface area contributed by atoms with Crippen LogP contribution in [0.3, 0.4) is 0 Å². The summed E-state index contributed by atoms with van der Waals surface area (Å²) in [5.41, 5.74) is -0.224. The molecule has 0 unspecified atom stereocenters. The molecule has 0 saturated heterocycles. The number of rotatable bonds is 4. The fraction of sp³-hybridized carbons (Fsp3) is 0.957. The summed E-state index contributed by atoms with van der Waals surface area (Å²) in [6.45, 7) is 25.4. The number of hydrogen-bond donors (Lipinski definition) is 0. The Morgan fingerprint density at radius 3 is 1.89 bits per heavy atom. The van der Waals surface area contributed by atoms with Crippen molar-refractivity contribution in [2.45, 2.75) is 129 Å². The van der Waals surface area contributed by atoms with Crippen molar-refractivity contribution >= 4 is 22.4 Å². The van der Waals surface area contributed by atoms with Gasteiger partial charge in [-0.15, -0.1) is 0 Å². The minimum atomic E-state index is -1.87. The first kappa shape index (κ1) is 24.3. The highest BCUT2D eigenvalue weighted by atomic mass is 28.4. The Labute approximate surface area is 176 Å². The molecule has 2 fully saturated rings. The summed E-state index contributed by atoms with van der Waals surface area (Å²) in [5.74, 6) is 0.754. The molecule has 0 aromatic carbocycles. The van der Waals surface area contributed by atoms with Crippen LogP contribution in [-0.2, 0) is 13.6 Å². The zero-order valence-corrected chi connectivity index (χ0v) is 22.5. The molecule has 5 heteroatoms. The van der Waals surface area contributed by atoms with E-state index in [9.17, 15) is 4.79 Å². The summed E-state index contributed by atoms with van der Waals surface area (Å²) in [6, 6.07) is 0. The number of carbonyl (C=O) groups excluding carboxylic acids is 1. The Bertz CT molecular complexity index is 586. The Balaban J connectivity index is 2.24. The van der Waals surface area contributed by atoms with Gasteiger partial charge in [0.1, 0.15) is 5.78 Å². The molecule has 0 aromatic heterocycles. The van der Waals surface area contributed by atoms with Crippen molar-refractivity contribution in [1.29, 1.82) is 0 Å². The van der Waals surface area contributed by atoms with Crippen molar-refractivity contribution in [3.8, 4) is 0 Å². The Hall–Kier alpha value is 0.0238. The van der Waals surface area contributed by atoms with E-state index < -0.39 is 16.6 Å². The van der Waals surface area contributed by atoms with Crippen LogP contribution in [0.25, 0.3) is 0 Å². The zero-order chi connectivity index (χ0) is 21.8. The largest absolute Gasteiger partial charge is 0.414 e. The molecule has 0 radical (unpaired) electrons. The van der Waals surface area contributed by atoms with Crippen LogP contribution in [0.1, 0.15) is 80.6 Å². The number of fused-ring (bicyclic) bond motifs is 1. The summed E-state index contributed by atoms with van der Waals surface area (Å²) in [5, 5.41) is 0.406. The van der Waals surface area contributed by atoms with Gasteiger partial charge in [-0.2, -0.15) is 0 Å². The minimum Gasteiger partial charge on any atom is -0.414 e. The van der Waals surface area contributed by atoms with Crippen LogP contribution in [0.4, 0.5) is 0 Å². The second-order valence-corrected chi connectivity index (χ2v) is 22.2. The Morgan fingerprint density at radius 1 is 0.893 bits per heavy atom. The standard InChI is InChI=1S/C23H46O3Si2/c1-21(2,3)27(8,9)25-17-14-15-23(7)18(16-17)19(12-13-20(23)24)26-28(10,11)22(4,5)6/h17-19H,12-16H2,1-11H3/t17-,18+,19+,23-/m0/s1. The lowest BCUT2D eigenvalue weighted by atomic mass is 9.58. The van der Waals surface area contributed by atoms with Gasteiger partial charge in [-0.1, -0.05) is 48.5 Å². The van der Waals surface area contributed by atoms with E-state index >= 15 is 0 Å². The highest BCUT2D eigenvalue weighted by Crippen LogP contribution is 2.52. The number of ketones is 1. The summed E-state index contributed by atoms with van der Waals surface area (Å²) in [6.07, 6.45) is 4.99. The second-order valence-electron chi connectivity index (χ2n) is 12.7. The third kappa shape index (κ3) is 4.68. The van der Waals surface area contributed by atoms with Crippen LogP contribution in [0, 0.1) is 11.3 Å². The zero-order valence-electron chi connectivity index (χ0n) is 20.5. The van der Waals surface area contributed by atoms with Gasteiger partial charge in [0.15, 0.2) is 16.6 Å². The van der Waals surface area contributed by atoms with E-state index in [-0.39, 0.29) is 27.7 Å². The van der Waals surface area contributed by atoms with Crippen LogP contribution in [0.15, 0.2) is 0 Å². The molecular weight excluding hydrogens is 380 g/mol. The van der Waals surface area contributed by atoms with Crippen molar-refractivity contribution < 1.29 is 13.6 Å². The molecule has 0 amide bonds.